The first-order valence-corrected chi connectivity index (χ1v) is 6.27. The summed E-state index contributed by atoms with van der Waals surface area (Å²) in [6.07, 6.45) is 5.05. The minimum Gasteiger partial charge on any atom is -0.321 e. The Morgan fingerprint density at radius 1 is 1.44 bits per heavy atom. The molecule has 96 valence electrons. The van der Waals surface area contributed by atoms with Crippen molar-refractivity contribution in [1.29, 1.82) is 0 Å². The standard InChI is InChI=1S/C11H14BrN5O/c1-7-10(5-13-16(7)3)15-11(18)8(2)17-6-9(12)4-14-17/h4-6,8H,1-3H3,(H,15,18). The van der Waals surface area contributed by atoms with Crippen LogP contribution in [0.5, 0.6) is 0 Å². The lowest BCUT2D eigenvalue weighted by Gasteiger charge is -2.12. The third-order valence-electron chi connectivity index (χ3n) is 2.84. The molecule has 6 nitrogen and oxygen atoms in total. The Labute approximate surface area is 113 Å². The molecule has 1 amide bonds. The van der Waals surface area contributed by atoms with E-state index in [0.29, 0.717) is 0 Å². The van der Waals surface area contributed by atoms with Gasteiger partial charge in [0, 0.05) is 13.2 Å². The van der Waals surface area contributed by atoms with E-state index in [1.807, 2.05) is 14.0 Å². The first-order valence-electron chi connectivity index (χ1n) is 5.48. The number of halogens is 1. The molecule has 0 aliphatic carbocycles. The SMILES string of the molecule is Cc1c(NC(=O)C(C)n2cc(Br)cn2)cnn1C. The summed E-state index contributed by atoms with van der Waals surface area (Å²) in [6, 6.07) is -0.379. The topological polar surface area (TPSA) is 64.7 Å². The maximum atomic E-state index is 12.1. The van der Waals surface area contributed by atoms with E-state index in [1.54, 1.807) is 34.9 Å². The molecule has 0 radical (unpaired) electrons. The summed E-state index contributed by atoms with van der Waals surface area (Å²) < 4.78 is 4.16. The normalized spacial score (nSPS) is 12.4. The van der Waals surface area contributed by atoms with Gasteiger partial charge in [0.2, 0.25) is 5.91 Å². The number of rotatable bonds is 3. The molecule has 2 aromatic heterocycles. The molecule has 0 bridgehead atoms. The van der Waals surface area contributed by atoms with Crippen LogP contribution in [0.15, 0.2) is 23.1 Å². The zero-order valence-corrected chi connectivity index (χ0v) is 12.0. The van der Waals surface area contributed by atoms with Gasteiger partial charge in [-0.3, -0.25) is 14.2 Å². The maximum absolute atomic E-state index is 12.1. The fraction of sp³-hybridized carbons (Fsp3) is 0.364. The number of hydrogen-bond donors (Lipinski definition) is 1. The number of carbonyl (C=O) groups excluding carboxylic acids is 1. The quantitative estimate of drug-likeness (QED) is 0.941. The Hall–Kier alpha value is -1.63. The summed E-state index contributed by atoms with van der Waals surface area (Å²) in [7, 11) is 1.83. The van der Waals surface area contributed by atoms with Crippen LogP contribution >= 0.6 is 15.9 Å². The fourth-order valence-electron chi connectivity index (χ4n) is 1.51. The van der Waals surface area contributed by atoms with Crippen LogP contribution in [0.2, 0.25) is 0 Å². The van der Waals surface area contributed by atoms with Crippen molar-refractivity contribution in [2.45, 2.75) is 19.9 Å². The van der Waals surface area contributed by atoms with Crippen LogP contribution in [0.4, 0.5) is 5.69 Å². The predicted octanol–water partition coefficient (Wildman–Crippen LogP) is 1.89. The molecular weight excluding hydrogens is 298 g/mol. The van der Waals surface area contributed by atoms with E-state index in [1.165, 1.54) is 0 Å². The molecule has 0 aromatic carbocycles. The van der Waals surface area contributed by atoms with E-state index in [2.05, 4.69) is 31.4 Å². The third kappa shape index (κ3) is 2.45. The molecule has 0 aliphatic rings. The average Bonchev–Trinajstić information content (AvgIpc) is 2.89. The number of amides is 1. The number of aryl methyl sites for hydroxylation is 1. The van der Waals surface area contributed by atoms with Gasteiger partial charge >= 0.3 is 0 Å². The number of aromatic nitrogens is 4. The molecule has 18 heavy (non-hydrogen) atoms. The van der Waals surface area contributed by atoms with E-state index in [0.717, 1.165) is 15.9 Å². The van der Waals surface area contributed by atoms with Gasteiger partial charge < -0.3 is 5.32 Å². The molecule has 0 fully saturated rings. The highest BCUT2D eigenvalue weighted by atomic mass is 79.9. The summed E-state index contributed by atoms with van der Waals surface area (Å²) in [4.78, 5) is 12.1. The van der Waals surface area contributed by atoms with Crippen molar-refractivity contribution < 1.29 is 4.79 Å². The van der Waals surface area contributed by atoms with Crippen molar-refractivity contribution in [3.63, 3.8) is 0 Å². The molecule has 2 rings (SSSR count). The Morgan fingerprint density at radius 3 is 2.67 bits per heavy atom. The lowest BCUT2D eigenvalue weighted by Crippen LogP contribution is -2.24. The molecule has 0 spiro atoms. The zero-order valence-electron chi connectivity index (χ0n) is 10.4. The number of nitrogens with one attached hydrogen (secondary N) is 1. The van der Waals surface area contributed by atoms with E-state index in [9.17, 15) is 4.79 Å². The maximum Gasteiger partial charge on any atom is 0.249 e. The largest absolute Gasteiger partial charge is 0.321 e. The van der Waals surface area contributed by atoms with Gasteiger partial charge in [-0.05, 0) is 29.8 Å². The lowest BCUT2D eigenvalue weighted by molar-refractivity contribution is -0.119. The summed E-state index contributed by atoms with van der Waals surface area (Å²) >= 11 is 3.30. The van der Waals surface area contributed by atoms with Crippen LogP contribution < -0.4 is 5.32 Å². The molecule has 0 saturated heterocycles. The molecule has 1 N–H and O–H groups in total. The summed E-state index contributed by atoms with van der Waals surface area (Å²) in [5.41, 5.74) is 1.64. The monoisotopic (exact) mass is 311 g/mol. The van der Waals surface area contributed by atoms with E-state index >= 15 is 0 Å². The van der Waals surface area contributed by atoms with Gasteiger partial charge in [0.1, 0.15) is 6.04 Å². The second-order valence-corrected chi connectivity index (χ2v) is 4.99. The summed E-state index contributed by atoms with van der Waals surface area (Å²) in [6.45, 7) is 3.69. The number of nitrogens with zero attached hydrogens (tertiary/aromatic N) is 4. The first-order chi connectivity index (χ1) is 8.49. The minimum atomic E-state index is -0.379. The molecule has 7 heteroatoms. The van der Waals surface area contributed by atoms with Crippen molar-refractivity contribution in [1.82, 2.24) is 19.6 Å². The Balaban J connectivity index is 2.10. The van der Waals surface area contributed by atoms with Crippen LogP contribution in [0, 0.1) is 6.92 Å². The second kappa shape index (κ2) is 4.93. The van der Waals surface area contributed by atoms with Gasteiger partial charge in [-0.1, -0.05) is 0 Å². The molecule has 1 unspecified atom stereocenters. The Bertz CT molecular complexity index is 574. The van der Waals surface area contributed by atoms with E-state index in [4.69, 9.17) is 0 Å². The van der Waals surface area contributed by atoms with Crippen LogP contribution in [0.25, 0.3) is 0 Å². The fourth-order valence-corrected chi connectivity index (χ4v) is 1.81. The summed E-state index contributed by atoms with van der Waals surface area (Å²) in [5, 5.41) is 11.0. The zero-order chi connectivity index (χ0) is 13.3. The molecule has 1 atom stereocenters. The number of carbonyl (C=O) groups is 1. The van der Waals surface area contributed by atoms with E-state index < -0.39 is 0 Å². The van der Waals surface area contributed by atoms with Crippen molar-refractivity contribution in [2.75, 3.05) is 5.32 Å². The van der Waals surface area contributed by atoms with Crippen LogP contribution in [-0.4, -0.2) is 25.5 Å². The third-order valence-corrected chi connectivity index (χ3v) is 3.25. The van der Waals surface area contributed by atoms with Crippen molar-refractivity contribution in [3.05, 3.63) is 28.8 Å². The first kappa shape index (κ1) is 12.8. The summed E-state index contributed by atoms with van der Waals surface area (Å²) in [5.74, 6) is -0.123. The van der Waals surface area contributed by atoms with Gasteiger partial charge in [-0.2, -0.15) is 10.2 Å². The van der Waals surface area contributed by atoms with Gasteiger partial charge in [0.05, 0.1) is 28.2 Å². The Kier molecular flexibility index (Phi) is 3.51. The van der Waals surface area contributed by atoms with Crippen molar-refractivity contribution >= 4 is 27.5 Å². The second-order valence-electron chi connectivity index (χ2n) is 4.07. The number of hydrogen-bond acceptors (Lipinski definition) is 3. The van der Waals surface area contributed by atoms with Crippen molar-refractivity contribution in [2.24, 2.45) is 7.05 Å². The average molecular weight is 312 g/mol. The van der Waals surface area contributed by atoms with Crippen LogP contribution in [0.1, 0.15) is 18.7 Å². The molecule has 0 saturated carbocycles. The van der Waals surface area contributed by atoms with Crippen LogP contribution in [0.3, 0.4) is 0 Å². The number of anilines is 1. The van der Waals surface area contributed by atoms with E-state index in [-0.39, 0.29) is 11.9 Å². The highest BCUT2D eigenvalue weighted by molar-refractivity contribution is 9.10. The lowest BCUT2D eigenvalue weighted by atomic mass is 10.3. The molecule has 0 aliphatic heterocycles. The van der Waals surface area contributed by atoms with Gasteiger partial charge in [0.25, 0.3) is 0 Å². The molecule has 2 heterocycles. The van der Waals surface area contributed by atoms with Gasteiger partial charge in [-0.25, -0.2) is 0 Å². The Morgan fingerprint density at radius 2 is 2.17 bits per heavy atom. The van der Waals surface area contributed by atoms with Gasteiger partial charge in [0.15, 0.2) is 0 Å². The highest BCUT2D eigenvalue weighted by Gasteiger charge is 2.17. The predicted molar refractivity (Wildman–Crippen MR) is 71.2 cm³/mol. The smallest absolute Gasteiger partial charge is 0.249 e. The van der Waals surface area contributed by atoms with Crippen LogP contribution in [-0.2, 0) is 11.8 Å². The van der Waals surface area contributed by atoms with Crippen molar-refractivity contribution in [3.8, 4) is 0 Å². The molecular formula is C11H14BrN5O. The highest BCUT2D eigenvalue weighted by Crippen LogP contribution is 2.16. The van der Waals surface area contributed by atoms with Gasteiger partial charge in [-0.15, -0.1) is 0 Å². The molecule has 2 aromatic rings. The minimum absolute atomic E-state index is 0.123.